The molecule has 5 aromatic rings. The highest BCUT2D eigenvalue weighted by molar-refractivity contribution is 5.96. The van der Waals surface area contributed by atoms with Crippen LogP contribution in [0.3, 0.4) is 0 Å². The Balaban J connectivity index is 1.53. The molecule has 160 valence electrons. The molecule has 0 amide bonds. The summed E-state index contributed by atoms with van der Waals surface area (Å²) in [5, 5.41) is 17.6. The fraction of sp³-hybridized carbons (Fsp3) is 0. The lowest BCUT2D eigenvalue weighted by Gasteiger charge is -2.08. The van der Waals surface area contributed by atoms with E-state index in [2.05, 4.69) is 5.10 Å². The average molecular weight is 435 g/mol. The second-order valence-corrected chi connectivity index (χ2v) is 7.37. The smallest absolute Gasteiger partial charge is 0.344 e. The Hall–Kier alpha value is -4.78. The summed E-state index contributed by atoms with van der Waals surface area (Å²) < 4.78 is 7.21. The van der Waals surface area contributed by atoms with Crippen LogP contribution in [-0.4, -0.2) is 20.7 Å². The Kier molecular flexibility index (Phi) is 5.12. The van der Waals surface area contributed by atoms with Gasteiger partial charge in [0.15, 0.2) is 0 Å². The van der Waals surface area contributed by atoms with Gasteiger partial charge in [-0.1, -0.05) is 60.7 Å². The van der Waals surface area contributed by atoms with Gasteiger partial charge in [0, 0.05) is 23.8 Å². The van der Waals surface area contributed by atoms with Gasteiger partial charge in [-0.3, -0.25) is 10.1 Å². The van der Waals surface area contributed by atoms with Gasteiger partial charge in [0.2, 0.25) is 5.88 Å². The van der Waals surface area contributed by atoms with Crippen LogP contribution >= 0.6 is 0 Å². The van der Waals surface area contributed by atoms with Crippen molar-refractivity contribution in [3.8, 4) is 22.8 Å². The molecule has 4 aromatic carbocycles. The van der Waals surface area contributed by atoms with Crippen molar-refractivity contribution in [3.05, 3.63) is 119 Å². The lowest BCUT2D eigenvalue weighted by Crippen LogP contribution is -2.11. The van der Waals surface area contributed by atoms with Crippen LogP contribution in [0.25, 0.3) is 27.7 Å². The summed E-state index contributed by atoms with van der Waals surface area (Å²) in [5.74, 6) is -0.315. The molecular weight excluding hydrogens is 418 g/mol. The van der Waals surface area contributed by atoms with Crippen molar-refractivity contribution in [1.82, 2.24) is 9.78 Å². The summed E-state index contributed by atoms with van der Waals surface area (Å²) in [7, 11) is 0. The van der Waals surface area contributed by atoms with Crippen molar-refractivity contribution < 1.29 is 14.5 Å². The van der Waals surface area contributed by atoms with Crippen LogP contribution in [0, 0.1) is 10.1 Å². The van der Waals surface area contributed by atoms with Gasteiger partial charge < -0.3 is 4.74 Å². The number of hydrogen-bond donors (Lipinski definition) is 0. The summed E-state index contributed by atoms with van der Waals surface area (Å²) >= 11 is 0. The molecule has 7 heteroatoms. The van der Waals surface area contributed by atoms with Gasteiger partial charge in [-0.15, -0.1) is 0 Å². The van der Waals surface area contributed by atoms with Gasteiger partial charge in [-0.05, 0) is 35.0 Å². The number of carbonyl (C=O) groups is 1. The zero-order valence-corrected chi connectivity index (χ0v) is 17.3. The Morgan fingerprint density at radius 2 is 1.52 bits per heavy atom. The standard InChI is InChI=1S/C26H17N3O4/c30-26(21-11-10-18-6-4-5-9-20(18)16-21)33-25-17-24(19-7-2-1-3-8-19)27-28(25)22-12-14-23(15-13-22)29(31)32/h1-17H. The van der Waals surface area contributed by atoms with E-state index in [0.29, 0.717) is 16.9 Å². The molecular formula is C26H17N3O4. The largest absolute Gasteiger partial charge is 0.404 e. The number of hydrogen-bond acceptors (Lipinski definition) is 5. The van der Waals surface area contributed by atoms with Gasteiger partial charge >= 0.3 is 5.97 Å². The van der Waals surface area contributed by atoms with Gasteiger partial charge in [-0.25, -0.2) is 4.79 Å². The molecule has 0 saturated heterocycles. The zero-order valence-electron chi connectivity index (χ0n) is 17.3. The van der Waals surface area contributed by atoms with E-state index in [9.17, 15) is 14.9 Å². The maximum Gasteiger partial charge on any atom is 0.344 e. The molecule has 1 heterocycles. The molecule has 0 fully saturated rings. The van der Waals surface area contributed by atoms with Gasteiger partial charge in [0.25, 0.3) is 5.69 Å². The fourth-order valence-corrected chi connectivity index (χ4v) is 3.56. The Labute approximate surface area is 188 Å². The van der Waals surface area contributed by atoms with Crippen molar-refractivity contribution in [2.45, 2.75) is 0 Å². The number of esters is 1. The normalized spacial score (nSPS) is 10.8. The fourth-order valence-electron chi connectivity index (χ4n) is 3.56. The van der Waals surface area contributed by atoms with Crippen molar-refractivity contribution in [2.75, 3.05) is 0 Å². The van der Waals surface area contributed by atoms with Crippen LogP contribution in [0.1, 0.15) is 10.4 Å². The van der Waals surface area contributed by atoms with E-state index in [4.69, 9.17) is 4.74 Å². The van der Waals surface area contributed by atoms with Gasteiger partial charge in [-0.2, -0.15) is 9.78 Å². The van der Waals surface area contributed by atoms with Gasteiger partial charge in [0.05, 0.1) is 21.9 Å². The second-order valence-electron chi connectivity index (χ2n) is 7.37. The van der Waals surface area contributed by atoms with Crippen LogP contribution in [0.4, 0.5) is 5.69 Å². The first kappa shape index (κ1) is 20.1. The lowest BCUT2D eigenvalue weighted by molar-refractivity contribution is -0.384. The highest BCUT2D eigenvalue weighted by Gasteiger charge is 2.18. The first-order valence-electron chi connectivity index (χ1n) is 10.2. The Bertz CT molecular complexity index is 1480. The highest BCUT2D eigenvalue weighted by atomic mass is 16.6. The third-order valence-electron chi connectivity index (χ3n) is 5.23. The predicted octanol–water partition coefficient (Wildman–Crippen LogP) is 5.82. The van der Waals surface area contributed by atoms with Crippen LogP contribution in [0.5, 0.6) is 5.88 Å². The molecule has 33 heavy (non-hydrogen) atoms. The molecule has 0 saturated carbocycles. The summed E-state index contributed by atoms with van der Waals surface area (Å²) in [6.07, 6.45) is 0. The number of nitro groups is 1. The number of benzene rings is 4. The molecule has 0 atom stereocenters. The number of nitrogens with zero attached hydrogens (tertiary/aromatic N) is 3. The molecule has 0 aliphatic carbocycles. The molecule has 0 aliphatic heterocycles. The zero-order chi connectivity index (χ0) is 22.8. The monoisotopic (exact) mass is 435 g/mol. The molecule has 0 unspecified atom stereocenters. The van der Waals surface area contributed by atoms with E-state index >= 15 is 0 Å². The molecule has 0 spiro atoms. The highest BCUT2D eigenvalue weighted by Crippen LogP contribution is 2.28. The van der Waals surface area contributed by atoms with Crippen molar-refractivity contribution in [3.63, 3.8) is 0 Å². The first-order valence-corrected chi connectivity index (χ1v) is 10.2. The third-order valence-corrected chi connectivity index (χ3v) is 5.23. The minimum atomic E-state index is -0.525. The topological polar surface area (TPSA) is 87.3 Å². The summed E-state index contributed by atoms with van der Waals surface area (Å²) in [4.78, 5) is 23.5. The molecule has 0 radical (unpaired) electrons. The third kappa shape index (κ3) is 4.07. The summed E-state index contributed by atoms with van der Waals surface area (Å²) in [6, 6.07) is 30.2. The minimum Gasteiger partial charge on any atom is -0.404 e. The molecule has 0 aliphatic rings. The number of carbonyl (C=O) groups excluding carboxylic acids is 1. The van der Waals surface area contributed by atoms with Crippen LogP contribution in [-0.2, 0) is 0 Å². The van der Waals surface area contributed by atoms with E-state index in [1.54, 1.807) is 30.3 Å². The average Bonchev–Trinajstić information content (AvgIpc) is 3.28. The molecule has 0 bridgehead atoms. The van der Waals surface area contributed by atoms with Crippen LogP contribution in [0.2, 0.25) is 0 Å². The number of non-ortho nitro benzene ring substituents is 1. The maximum atomic E-state index is 13.0. The maximum absolute atomic E-state index is 13.0. The molecule has 5 rings (SSSR count). The summed E-state index contributed by atoms with van der Waals surface area (Å²) in [6.45, 7) is 0. The van der Waals surface area contributed by atoms with E-state index in [0.717, 1.165) is 16.3 Å². The van der Waals surface area contributed by atoms with Crippen molar-refractivity contribution in [2.24, 2.45) is 0 Å². The second kappa shape index (κ2) is 8.39. The van der Waals surface area contributed by atoms with E-state index in [1.807, 2.05) is 60.7 Å². The van der Waals surface area contributed by atoms with E-state index in [-0.39, 0.29) is 11.6 Å². The minimum absolute atomic E-state index is 0.0381. The van der Waals surface area contributed by atoms with Gasteiger partial charge in [0.1, 0.15) is 0 Å². The van der Waals surface area contributed by atoms with E-state index in [1.165, 1.54) is 16.8 Å². The number of aromatic nitrogens is 2. The van der Waals surface area contributed by atoms with Crippen LogP contribution in [0.15, 0.2) is 103 Å². The van der Waals surface area contributed by atoms with Crippen molar-refractivity contribution >= 4 is 22.4 Å². The Morgan fingerprint density at radius 3 is 2.24 bits per heavy atom. The Morgan fingerprint density at radius 1 is 0.818 bits per heavy atom. The number of rotatable bonds is 5. The van der Waals surface area contributed by atoms with E-state index < -0.39 is 10.9 Å². The number of ether oxygens (including phenoxy) is 1. The predicted molar refractivity (Wildman–Crippen MR) is 125 cm³/mol. The lowest BCUT2D eigenvalue weighted by atomic mass is 10.1. The number of fused-ring (bicyclic) bond motifs is 1. The number of nitro benzene ring substituents is 1. The quantitative estimate of drug-likeness (QED) is 0.197. The SMILES string of the molecule is O=C(Oc1cc(-c2ccccc2)nn1-c1ccc([N+](=O)[O-])cc1)c1ccc2ccccc2c1. The molecule has 7 nitrogen and oxygen atoms in total. The van der Waals surface area contributed by atoms with Crippen LogP contribution < -0.4 is 4.74 Å². The van der Waals surface area contributed by atoms with Crippen molar-refractivity contribution in [1.29, 1.82) is 0 Å². The summed E-state index contributed by atoms with van der Waals surface area (Å²) in [5.41, 5.74) is 2.36. The molecule has 1 aromatic heterocycles. The molecule has 0 N–H and O–H groups in total. The first-order chi connectivity index (χ1) is 16.1.